The van der Waals surface area contributed by atoms with Crippen LogP contribution in [0.4, 0.5) is 0 Å². The smallest absolute Gasteiger partial charge is 0.228 e. The maximum atomic E-state index is 11.9. The van der Waals surface area contributed by atoms with Crippen LogP contribution < -0.4 is 5.32 Å². The first-order chi connectivity index (χ1) is 8.85. The van der Waals surface area contributed by atoms with Crippen molar-refractivity contribution >= 4 is 28.8 Å². The Kier molecular flexibility index (Phi) is 6.30. The molecule has 0 saturated carbocycles. The summed E-state index contributed by atoms with van der Waals surface area (Å²) in [6, 6.07) is 3.71. The molecular weight excluding hydrogens is 282 g/mol. The van der Waals surface area contributed by atoms with Crippen LogP contribution in [0.3, 0.4) is 0 Å². The van der Waals surface area contributed by atoms with Gasteiger partial charge in [-0.15, -0.1) is 11.3 Å². The van der Waals surface area contributed by atoms with Crippen molar-refractivity contribution in [3.63, 3.8) is 0 Å². The molecule has 1 atom stereocenters. The number of nitrogens with one attached hydrogen (secondary N) is 1. The zero-order valence-corrected chi connectivity index (χ0v) is 13.3. The molecule has 3 nitrogen and oxygen atoms in total. The quantitative estimate of drug-likeness (QED) is 0.758. The van der Waals surface area contributed by atoms with Gasteiger partial charge in [-0.25, -0.2) is 0 Å². The summed E-state index contributed by atoms with van der Waals surface area (Å²) in [6.45, 7) is 6.74. The molecule has 0 radical (unpaired) electrons. The minimum absolute atomic E-state index is 0.0281. The zero-order chi connectivity index (χ0) is 14.5. The third-order valence-corrected chi connectivity index (χ3v) is 4.59. The van der Waals surface area contributed by atoms with Gasteiger partial charge in [0.25, 0.3) is 0 Å². The predicted octanol–water partition coefficient (Wildman–Crippen LogP) is 3.42. The molecule has 19 heavy (non-hydrogen) atoms. The second kappa shape index (κ2) is 7.27. The molecule has 0 aliphatic heterocycles. The SMILES string of the molecule is CC(C(=O)NCCCC(C)(C)CO)c1ccc(Cl)s1. The Morgan fingerprint density at radius 1 is 1.53 bits per heavy atom. The third-order valence-electron chi connectivity index (χ3n) is 3.17. The van der Waals surface area contributed by atoms with E-state index in [1.165, 1.54) is 11.3 Å². The molecule has 0 aliphatic carbocycles. The number of thiophene rings is 1. The zero-order valence-electron chi connectivity index (χ0n) is 11.7. The van der Waals surface area contributed by atoms with E-state index in [9.17, 15) is 4.79 Å². The van der Waals surface area contributed by atoms with Gasteiger partial charge in [-0.2, -0.15) is 0 Å². The molecule has 0 spiro atoms. The van der Waals surface area contributed by atoms with Crippen molar-refractivity contribution in [3.8, 4) is 0 Å². The van der Waals surface area contributed by atoms with Crippen molar-refractivity contribution in [2.45, 2.75) is 39.5 Å². The molecule has 0 aromatic carbocycles. The van der Waals surface area contributed by atoms with Crippen LogP contribution in [0.15, 0.2) is 12.1 Å². The molecule has 2 N–H and O–H groups in total. The van der Waals surface area contributed by atoms with Crippen LogP contribution in [0.5, 0.6) is 0 Å². The van der Waals surface area contributed by atoms with Crippen molar-refractivity contribution in [2.24, 2.45) is 5.41 Å². The third kappa shape index (κ3) is 5.51. The molecule has 0 fully saturated rings. The van der Waals surface area contributed by atoms with Crippen molar-refractivity contribution in [2.75, 3.05) is 13.2 Å². The topological polar surface area (TPSA) is 49.3 Å². The summed E-state index contributed by atoms with van der Waals surface area (Å²) >= 11 is 7.31. The lowest BCUT2D eigenvalue weighted by atomic mass is 9.89. The number of aliphatic hydroxyl groups is 1. The van der Waals surface area contributed by atoms with E-state index in [2.05, 4.69) is 5.32 Å². The average molecular weight is 304 g/mol. The summed E-state index contributed by atoms with van der Waals surface area (Å²) in [5.74, 6) is -0.135. The van der Waals surface area contributed by atoms with Gasteiger partial charge in [-0.1, -0.05) is 25.4 Å². The average Bonchev–Trinajstić information content (AvgIpc) is 2.80. The first-order valence-corrected chi connectivity index (χ1v) is 7.69. The second-order valence-corrected chi connectivity index (χ2v) is 7.33. The van der Waals surface area contributed by atoms with Gasteiger partial charge in [-0.05, 0) is 37.3 Å². The molecule has 1 rings (SSSR count). The lowest BCUT2D eigenvalue weighted by molar-refractivity contribution is -0.122. The van der Waals surface area contributed by atoms with Crippen LogP contribution in [0.25, 0.3) is 0 Å². The van der Waals surface area contributed by atoms with Crippen LogP contribution in [0.2, 0.25) is 4.34 Å². The van der Waals surface area contributed by atoms with Gasteiger partial charge in [0.2, 0.25) is 5.91 Å². The first kappa shape index (κ1) is 16.5. The van der Waals surface area contributed by atoms with E-state index in [-0.39, 0.29) is 23.8 Å². The van der Waals surface area contributed by atoms with Crippen LogP contribution in [-0.4, -0.2) is 24.2 Å². The Hall–Kier alpha value is -0.580. The Balaban J connectivity index is 2.32. The summed E-state index contributed by atoms with van der Waals surface area (Å²) in [5.41, 5.74) is -0.0718. The molecule has 0 bridgehead atoms. The highest BCUT2D eigenvalue weighted by molar-refractivity contribution is 7.16. The Labute approximate surface area is 124 Å². The highest BCUT2D eigenvalue weighted by Gasteiger charge is 2.18. The standard InChI is InChI=1S/C14H22ClNO2S/c1-10(11-5-6-12(15)19-11)13(18)16-8-4-7-14(2,3)9-17/h5-6,10,17H,4,7-9H2,1-3H3,(H,16,18). The van der Waals surface area contributed by atoms with Crippen LogP contribution >= 0.6 is 22.9 Å². The molecule has 0 aliphatic rings. The van der Waals surface area contributed by atoms with E-state index < -0.39 is 0 Å². The molecule has 1 unspecified atom stereocenters. The number of carbonyl (C=O) groups excluding carboxylic acids is 1. The van der Waals surface area contributed by atoms with E-state index in [4.69, 9.17) is 16.7 Å². The fourth-order valence-corrected chi connectivity index (χ4v) is 2.81. The van der Waals surface area contributed by atoms with Gasteiger partial charge < -0.3 is 10.4 Å². The van der Waals surface area contributed by atoms with Crippen molar-refractivity contribution in [1.29, 1.82) is 0 Å². The molecule has 1 aromatic rings. The number of halogens is 1. The van der Waals surface area contributed by atoms with Gasteiger partial charge in [0.15, 0.2) is 0 Å². The lowest BCUT2D eigenvalue weighted by Gasteiger charge is -2.21. The molecule has 1 aromatic heterocycles. The molecular formula is C14H22ClNO2S. The van der Waals surface area contributed by atoms with Gasteiger partial charge in [0.1, 0.15) is 0 Å². The van der Waals surface area contributed by atoms with Crippen LogP contribution in [0, 0.1) is 5.41 Å². The Morgan fingerprint density at radius 2 is 2.21 bits per heavy atom. The number of hydrogen-bond donors (Lipinski definition) is 2. The normalized spacial score (nSPS) is 13.3. The Morgan fingerprint density at radius 3 is 2.74 bits per heavy atom. The minimum Gasteiger partial charge on any atom is -0.396 e. The molecule has 108 valence electrons. The van der Waals surface area contributed by atoms with Crippen LogP contribution in [-0.2, 0) is 4.79 Å². The fraction of sp³-hybridized carbons (Fsp3) is 0.643. The summed E-state index contributed by atoms with van der Waals surface area (Å²) in [4.78, 5) is 12.9. The van der Waals surface area contributed by atoms with Crippen molar-refractivity contribution < 1.29 is 9.90 Å². The van der Waals surface area contributed by atoms with E-state index in [1.54, 1.807) is 0 Å². The summed E-state index contributed by atoms with van der Waals surface area (Å²) in [5, 5.41) is 12.1. The number of hydrogen-bond acceptors (Lipinski definition) is 3. The molecule has 1 heterocycles. The maximum absolute atomic E-state index is 11.9. The molecule has 0 saturated heterocycles. The number of rotatable bonds is 7. The summed E-state index contributed by atoms with van der Waals surface area (Å²) in [6.07, 6.45) is 1.76. The summed E-state index contributed by atoms with van der Waals surface area (Å²) in [7, 11) is 0. The minimum atomic E-state index is -0.164. The Bertz CT molecular complexity index is 417. The summed E-state index contributed by atoms with van der Waals surface area (Å²) < 4.78 is 0.708. The maximum Gasteiger partial charge on any atom is 0.228 e. The molecule has 5 heteroatoms. The van der Waals surface area contributed by atoms with E-state index in [0.717, 1.165) is 17.7 Å². The fourth-order valence-electron chi connectivity index (χ4n) is 1.70. The molecule has 1 amide bonds. The van der Waals surface area contributed by atoms with E-state index in [1.807, 2.05) is 32.9 Å². The van der Waals surface area contributed by atoms with Gasteiger partial charge >= 0.3 is 0 Å². The van der Waals surface area contributed by atoms with Crippen molar-refractivity contribution in [3.05, 3.63) is 21.3 Å². The van der Waals surface area contributed by atoms with Crippen molar-refractivity contribution in [1.82, 2.24) is 5.32 Å². The predicted molar refractivity (Wildman–Crippen MR) is 80.9 cm³/mol. The highest BCUT2D eigenvalue weighted by Crippen LogP contribution is 2.28. The van der Waals surface area contributed by atoms with Gasteiger partial charge in [0, 0.05) is 18.0 Å². The highest BCUT2D eigenvalue weighted by atomic mass is 35.5. The largest absolute Gasteiger partial charge is 0.396 e. The first-order valence-electron chi connectivity index (χ1n) is 6.49. The van der Waals surface area contributed by atoms with E-state index in [0.29, 0.717) is 10.9 Å². The van der Waals surface area contributed by atoms with E-state index >= 15 is 0 Å². The number of carbonyl (C=O) groups is 1. The van der Waals surface area contributed by atoms with Gasteiger partial charge in [0.05, 0.1) is 10.3 Å². The lowest BCUT2D eigenvalue weighted by Crippen LogP contribution is -2.29. The van der Waals surface area contributed by atoms with Gasteiger partial charge in [-0.3, -0.25) is 4.79 Å². The number of aliphatic hydroxyl groups excluding tert-OH is 1. The van der Waals surface area contributed by atoms with Crippen LogP contribution in [0.1, 0.15) is 44.4 Å². The second-order valence-electron chi connectivity index (χ2n) is 5.58. The number of amides is 1. The monoisotopic (exact) mass is 303 g/mol.